The summed E-state index contributed by atoms with van der Waals surface area (Å²) in [5.41, 5.74) is 5.29. The zero-order chi connectivity index (χ0) is 13.4. The molecule has 0 aliphatic rings. The second-order valence-electron chi connectivity index (χ2n) is 4.59. The van der Waals surface area contributed by atoms with Crippen LogP contribution >= 0.6 is 15.9 Å². The van der Waals surface area contributed by atoms with Crippen molar-refractivity contribution in [2.75, 3.05) is 0 Å². The second-order valence-corrected chi connectivity index (χ2v) is 5.44. The van der Waals surface area contributed by atoms with Gasteiger partial charge in [-0.3, -0.25) is 0 Å². The third-order valence-electron chi connectivity index (χ3n) is 3.33. The van der Waals surface area contributed by atoms with Gasteiger partial charge in [-0.05, 0) is 51.0 Å². The highest BCUT2D eigenvalue weighted by atomic mass is 79.9. The molecule has 18 heavy (non-hydrogen) atoms. The number of nitrogens with zero attached hydrogens (tertiary/aromatic N) is 2. The molecule has 96 valence electrons. The summed E-state index contributed by atoms with van der Waals surface area (Å²) in [7, 11) is 0. The molecule has 0 aliphatic carbocycles. The van der Waals surface area contributed by atoms with Gasteiger partial charge in [0, 0.05) is 10.2 Å². The standard InChI is InChI=1S/C14H17BrN2O/c1-8-9(2)16-17(10(8)3)12-5-6-13(11(4)18)14(15)7-12/h5-7,11,18H,1-4H3/t11-/m1/s1. The van der Waals surface area contributed by atoms with E-state index in [2.05, 4.69) is 34.9 Å². The van der Waals surface area contributed by atoms with Gasteiger partial charge in [0.1, 0.15) is 0 Å². The lowest BCUT2D eigenvalue weighted by Crippen LogP contribution is -2.01. The van der Waals surface area contributed by atoms with Crippen LogP contribution in [0.3, 0.4) is 0 Å². The summed E-state index contributed by atoms with van der Waals surface area (Å²) in [6.45, 7) is 7.91. The van der Waals surface area contributed by atoms with Crippen molar-refractivity contribution < 1.29 is 5.11 Å². The van der Waals surface area contributed by atoms with Crippen LogP contribution in [0.2, 0.25) is 0 Å². The van der Waals surface area contributed by atoms with Crippen molar-refractivity contribution in [2.24, 2.45) is 0 Å². The van der Waals surface area contributed by atoms with Crippen LogP contribution in [0.15, 0.2) is 22.7 Å². The van der Waals surface area contributed by atoms with Crippen molar-refractivity contribution in [2.45, 2.75) is 33.8 Å². The summed E-state index contributed by atoms with van der Waals surface area (Å²) in [6.07, 6.45) is -0.476. The van der Waals surface area contributed by atoms with Crippen molar-refractivity contribution in [1.82, 2.24) is 9.78 Å². The average molecular weight is 309 g/mol. The second kappa shape index (κ2) is 4.86. The summed E-state index contributed by atoms with van der Waals surface area (Å²) in [5.74, 6) is 0. The number of aromatic nitrogens is 2. The van der Waals surface area contributed by atoms with Crippen LogP contribution in [0.5, 0.6) is 0 Å². The van der Waals surface area contributed by atoms with Crippen LogP contribution in [-0.4, -0.2) is 14.9 Å². The van der Waals surface area contributed by atoms with Gasteiger partial charge in [0.25, 0.3) is 0 Å². The van der Waals surface area contributed by atoms with Crippen molar-refractivity contribution in [1.29, 1.82) is 0 Å². The molecule has 3 nitrogen and oxygen atoms in total. The smallest absolute Gasteiger partial charge is 0.0772 e. The predicted molar refractivity (Wildman–Crippen MR) is 76.1 cm³/mol. The van der Waals surface area contributed by atoms with Crippen molar-refractivity contribution in [3.63, 3.8) is 0 Å². The van der Waals surface area contributed by atoms with E-state index < -0.39 is 6.10 Å². The van der Waals surface area contributed by atoms with E-state index in [0.29, 0.717) is 0 Å². The molecule has 4 heteroatoms. The van der Waals surface area contributed by atoms with Crippen LogP contribution in [0, 0.1) is 20.8 Å². The lowest BCUT2D eigenvalue weighted by Gasteiger charge is -2.11. The van der Waals surface area contributed by atoms with Gasteiger partial charge in [-0.2, -0.15) is 5.10 Å². The number of aliphatic hydroxyl groups is 1. The molecular weight excluding hydrogens is 292 g/mol. The highest BCUT2D eigenvalue weighted by Gasteiger charge is 2.11. The van der Waals surface area contributed by atoms with Crippen LogP contribution in [0.25, 0.3) is 5.69 Å². The number of halogens is 1. The van der Waals surface area contributed by atoms with Gasteiger partial charge in [0.05, 0.1) is 17.5 Å². The van der Waals surface area contributed by atoms with Crippen LogP contribution in [0.4, 0.5) is 0 Å². The molecular formula is C14H17BrN2O. The Kier molecular flexibility index (Phi) is 3.59. The summed E-state index contributed by atoms with van der Waals surface area (Å²) >= 11 is 3.49. The number of hydrogen-bond donors (Lipinski definition) is 1. The monoisotopic (exact) mass is 308 g/mol. The molecule has 0 saturated heterocycles. The van der Waals surface area contributed by atoms with E-state index in [4.69, 9.17) is 0 Å². The largest absolute Gasteiger partial charge is 0.389 e. The average Bonchev–Trinajstić information content (AvgIpc) is 2.56. The quantitative estimate of drug-likeness (QED) is 0.920. The SMILES string of the molecule is Cc1nn(-c2ccc([C@@H](C)O)c(Br)c2)c(C)c1C. The highest BCUT2D eigenvalue weighted by Crippen LogP contribution is 2.27. The lowest BCUT2D eigenvalue weighted by atomic mass is 10.1. The Balaban J connectivity index is 2.52. The van der Waals surface area contributed by atoms with Crippen LogP contribution in [0.1, 0.15) is 35.5 Å². The summed E-state index contributed by atoms with van der Waals surface area (Å²) in [5, 5.41) is 14.1. The molecule has 0 aliphatic heterocycles. The maximum atomic E-state index is 9.62. The minimum Gasteiger partial charge on any atom is -0.389 e. The molecule has 0 spiro atoms. The van der Waals surface area contributed by atoms with Gasteiger partial charge in [0.2, 0.25) is 0 Å². The van der Waals surface area contributed by atoms with Gasteiger partial charge < -0.3 is 5.11 Å². The fraction of sp³-hybridized carbons (Fsp3) is 0.357. The highest BCUT2D eigenvalue weighted by molar-refractivity contribution is 9.10. The first kappa shape index (κ1) is 13.3. The zero-order valence-electron chi connectivity index (χ0n) is 11.0. The Morgan fingerprint density at radius 3 is 2.39 bits per heavy atom. The summed E-state index contributed by atoms with van der Waals surface area (Å²) in [6, 6.07) is 5.89. The molecule has 1 atom stereocenters. The zero-order valence-corrected chi connectivity index (χ0v) is 12.6. The first-order valence-corrected chi connectivity index (χ1v) is 6.72. The van der Waals surface area contributed by atoms with Crippen molar-refractivity contribution >= 4 is 15.9 Å². The molecule has 1 heterocycles. The molecule has 0 fully saturated rings. The molecule has 1 aromatic carbocycles. The van der Waals surface area contributed by atoms with E-state index in [1.165, 1.54) is 5.56 Å². The molecule has 1 aromatic heterocycles. The molecule has 0 saturated carbocycles. The topological polar surface area (TPSA) is 38.0 Å². The van der Waals surface area contributed by atoms with E-state index >= 15 is 0 Å². The van der Waals surface area contributed by atoms with E-state index in [1.54, 1.807) is 6.92 Å². The lowest BCUT2D eigenvalue weighted by molar-refractivity contribution is 0.198. The normalized spacial score (nSPS) is 12.8. The number of hydrogen-bond acceptors (Lipinski definition) is 2. The fourth-order valence-electron chi connectivity index (χ4n) is 1.96. The predicted octanol–water partition coefficient (Wildman–Crippen LogP) is 3.61. The summed E-state index contributed by atoms with van der Waals surface area (Å²) < 4.78 is 2.83. The molecule has 0 unspecified atom stereocenters. The Morgan fingerprint density at radius 2 is 1.94 bits per heavy atom. The molecule has 2 aromatic rings. The Morgan fingerprint density at radius 1 is 1.28 bits per heavy atom. The molecule has 0 amide bonds. The molecule has 0 radical (unpaired) electrons. The third-order valence-corrected chi connectivity index (χ3v) is 4.02. The van der Waals surface area contributed by atoms with E-state index in [1.807, 2.05) is 29.8 Å². The van der Waals surface area contributed by atoms with Crippen LogP contribution < -0.4 is 0 Å². The number of aliphatic hydroxyl groups excluding tert-OH is 1. The summed E-state index contributed by atoms with van der Waals surface area (Å²) in [4.78, 5) is 0. The van der Waals surface area contributed by atoms with Gasteiger partial charge in [-0.15, -0.1) is 0 Å². The molecule has 2 rings (SSSR count). The van der Waals surface area contributed by atoms with E-state index in [9.17, 15) is 5.11 Å². The Bertz CT molecular complexity index is 588. The van der Waals surface area contributed by atoms with E-state index in [0.717, 1.165) is 27.1 Å². The maximum absolute atomic E-state index is 9.62. The molecule has 0 bridgehead atoms. The third kappa shape index (κ3) is 2.22. The fourth-order valence-corrected chi connectivity index (χ4v) is 2.66. The van der Waals surface area contributed by atoms with E-state index in [-0.39, 0.29) is 0 Å². The van der Waals surface area contributed by atoms with Gasteiger partial charge >= 0.3 is 0 Å². The van der Waals surface area contributed by atoms with Crippen molar-refractivity contribution in [3.05, 3.63) is 45.2 Å². The Hall–Kier alpha value is -1.13. The Labute approximate surface area is 116 Å². The van der Waals surface area contributed by atoms with Crippen LogP contribution in [-0.2, 0) is 0 Å². The van der Waals surface area contributed by atoms with Gasteiger partial charge in [-0.1, -0.05) is 22.0 Å². The minimum absolute atomic E-state index is 0.476. The minimum atomic E-state index is -0.476. The number of rotatable bonds is 2. The van der Waals surface area contributed by atoms with Crippen molar-refractivity contribution in [3.8, 4) is 5.69 Å². The first-order valence-electron chi connectivity index (χ1n) is 5.92. The number of benzene rings is 1. The maximum Gasteiger partial charge on any atom is 0.0772 e. The number of aryl methyl sites for hydroxylation is 1. The molecule has 1 N–H and O–H groups in total. The van der Waals surface area contributed by atoms with Gasteiger partial charge in [0.15, 0.2) is 0 Å². The van der Waals surface area contributed by atoms with Gasteiger partial charge in [-0.25, -0.2) is 4.68 Å². The first-order chi connectivity index (χ1) is 8.41.